The summed E-state index contributed by atoms with van der Waals surface area (Å²) in [7, 11) is 0. The molecule has 1 heterocycles. The largest absolute Gasteiger partial charge is 0.325 e. The van der Waals surface area contributed by atoms with Gasteiger partial charge in [0.05, 0.1) is 17.0 Å². The van der Waals surface area contributed by atoms with Gasteiger partial charge in [0.1, 0.15) is 11.1 Å². The van der Waals surface area contributed by atoms with Crippen LogP contribution < -0.4 is 5.32 Å². The maximum atomic E-state index is 12.7. The number of hydrogen-bond acceptors (Lipinski definition) is 4. The number of thioether (sulfide) groups is 1. The number of hydrogen-bond donors (Lipinski definition) is 1. The molecule has 1 N–H and O–H groups in total. The molecule has 0 aliphatic carbocycles. The van der Waals surface area contributed by atoms with E-state index in [1.807, 2.05) is 73.7 Å². The number of aromatic nitrogens is 1. The Balaban J connectivity index is 1.67. The molecule has 34 heavy (non-hydrogen) atoms. The smallest absolute Gasteiger partial charge is 0.234 e. The van der Waals surface area contributed by atoms with E-state index in [9.17, 15) is 10.1 Å². The Bertz CT molecular complexity index is 1390. The van der Waals surface area contributed by atoms with Gasteiger partial charge in [-0.05, 0) is 77.0 Å². The van der Waals surface area contributed by atoms with Crippen molar-refractivity contribution in [1.82, 2.24) is 4.98 Å². The molecule has 1 amide bonds. The van der Waals surface area contributed by atoms with Crippen LogP contribution in [0.1, 0.15) is 11.1 Å². The molecule has 4 nitrogen and oxygen atoms in total. The Morgan fingerprint density at radius 2 is 1.79 bits per heavy atom. The number of rotatable bonds is 6. The van der Waals surface area contributed by atoms with Crippen LogP contribution in [0.2, 0.25) is 5.02 Å². The van der Waals surface area contributed by atoms with E-state index in [0.29, 0.717) is 15.6 Å². The summed E-state index contributed by atoms with van der Waals surface area (Å²) >= 11 is 9.57. The molecule has 0 saturated heterocycles. The number of halogens is 2. The van der Waals surface area contributed by atoms with Crippen LogP contribution >= 0.6 is 46.0 Å². The summed E-state index contributed by atoms with van der Waals surface area (Å²) in [6.07, 6.45) is 0. The van der Waals surface area contributed by atoms with E-state index >= 15 is 0 Å². The fourth-order valence-corrected chi connectivity index (χ4v) is 5.01. The van der Waals surface area contributed by atoms with E-state index in [1.165, 1.54) is 11.8 Å². The number of carbonyl (C=O) groups excluding carboxylic acids is 1. The Hall–Kier alpha value is -2.86. The van der Waals surface area contributed by atoms with Crippen LogP contribution in [-0.2, 0) is 4.79 Å². The summed E-state index contributed by atoms with van der Waals surface area (Å²) in [6, 6.07) is 27.2. The third-order valence-corrected chi connectivity index (χ3v) is 7.02. The number of nitrogens with one attached hydrogen (secondary N) is 1. The van der Waals surface area contributed by atoms with Gasteiger partial charge in [0.25, 0.3) is 0 Å². The lowest BCUT2D eigenvalue weighted by molar-refractivity contribution is -0.113. The number of pyridine rings is 1. The van der Waals surface area contributed by atoms with Crippen LogP contribution in [0, 0.1) is 21.8 Å². The van der Waals surface area contributed by atoms with Gasteiger partial charge in [0.2, 0.25) is 5.91 Å². The molecule has 0 unspecified atom stereocenters. The van der Waals surface area contributed by atoms with Crippen LogP contribution in [0.15, 0.2) is 83.9 Å². The molecular weight excluding hydrogens is 577 g/mol. The lowest BCUT2D eigenvalue weighted by atomic mass is 9.99. The van der Waals surface area contributed by atoms with E-state index in [2.05, 4.69) is 34.0 Å². The minimum atomic E-state index is -0.154. The Kier molecular flexibility index (Phi) is 7.88. The lowest BCUT2D eigenvalue weighted by Crippen LogP contribution is -2.15. The first-order valence-corrected chi connectivity index (χ1v) is 12.8. The van der Waals surface area contributed by atoms with E-state index in [-0.39, 0.29) is 11.7 Å². The maximum Gasteiger partial charge on any atom is 0.234 e. The molecule has 0 saturated carbocycles. The van der Waals surface area contributed by atoms with Gasteiger partial charge in [-0.25, -0.2) is 4.98 Å². The first-order valence-electron chi connectivity index (χ1n) is 10.4. The number of aryl methyl sites for hydroxylation is 1. The van der Waals surface area contributed by atoms with Gasteiger partial charge in [-0.3, -0.25) is 4.79 Å². The summed E-state index contributed by atoms with van der Waals surface area (Å²) in [6.45, 7) is 1.96. The van der Waals surface area contributed by atoms with Crippen molar-refractivity contribution in [3.8, 4) is 28.5 Å². The molecule has 3 aromatic carbocycles. The van der Waals surface area contributed by atoms with Crippen LogP contribution in [0.25, 0.3) is 22.4 Å². The minimum Gasteiger partial charge on any atom is -0.325 e. The normalized spacial score (nSPS) is 10.5. The van der Waals surface area contributed by atoms with E-state index in [4.69, 9.17) is 16.6 Å². The number of benzene rings is 3. The summed E-state index contributed by atoms with van der Waals surface area (Å²) in [5.41, 5.74) is 5.50. The Morgan fingerprint density at radius 3 is 2.47 bits per heavy atom. The lowest BCUT2D eigenvalue weighted by Gasteiger charge is -2.13. The third-order valence-electron chi connectivity index (χ3n) is 5.13. The van der Waals surface area contributed by atoms with Crippen LogP contribution in [0.4, 0.5) is 5.69 Å². The quantitative estimate of drug-likeness (QED) is 0.184. The minimum absolute atomic E-state index is 0.130. The van der Waals surface area contributed by atoms with E-state index < -0.39 is 0 Å². The molecule has 0 radical (unpaired) electrons. The first kappa shape index (κ1) is 24.3. The predicted molar refractivity (Wildman–Crippen MR) is 148 cm³/mol. The van der Waals surface area contributed by atoms with Gasteiger partial charge in [0, 0.05) is 25.4 Å². The second-order valence-corrected chi connectivity index (χ2v) is 10.2. The number of nitriles is 1. The van der Waals surface area contributed by atoms with Crippen molar-refractivity contribution in [3.63, 3.8) is 0 Å². The zero-order valence-electron chi connectivity index (χ0n) is 18.2. The van der Waals surface area contributed by atoms with Crippen molar-refractivity contribution in [3.05, 3.63) is 98.6 Å². The molecule has 0 bridgehead atoms. The molecule has 0 aliphatic rings. The molecule has 1 aromatic heterocycles. The summed E-state index contributed by atoms with van der Waals surface area (Å²) in [4.78, 5) is 17.5. The standard InChI is InChI=1S/C27H19ClIN3OS/c1-17-13-21(29)11-12-24(17)31-26(33)16-34-27-23(15-30)22(18-7-9-20(28)10-8-18)14-25(32-27)19-5-3-2-4-6-19/h2-14H,16H2,1H3,(H,31,33). The zero-order valence-corrected chi connectivity index (χ0v) is 21.9. The van der Waals surface area contributed by atoms with Gasteiger partial charge in [-0.2, -0.15) is 5.26 Å². The second kappa shape index (κ2) is 11.0. The molecule has 0 spiro atoms. The molecule has 4 rings (SSSR count). The molecule has 168 valence electrons. The fourth-order valence-electron chi connectivity index (χ4n) is 3.44. The van der Waals surface area contributed by atoms with Crippen molar-refractivity contribution in [2.75, 3.05) is 11.1 Å². The van der Waals surface area contributed by atoms with Gasteiger partial charge in [0.15, 0.2) is 0 Å². The molecule has 0 fully saturated rings. The van der Waals surface area contributed by atoms with E-state index in [0.717, 1.165) is 37.2 Å². The molecule has 0 aliphatic heterocycles. The molecule has 0 atom stereocenters. The average molecular weight is 596 g/mol. The molecule has 4 aromatic rings. The number of carbonyl (C=O) groups is 1. The Morgan fingerprint density at radius 1 is 1.06 bits per heavy atom. The number of amides is 1. The number of anilines is 1. The SMILES string of the molecule is Cc1cc(I)ccc1NC(=O)CSc1nc(-c2ccccc2)cc(-c2ccc(Cl)cc2)c1C#N. The summed E-state index contributed by atoms with van der Waals surface area (Å²) < 4.78 is 1.11. The van der Waals surface area contributed by atoms with Crippen molar-refractivity contribution in [2.45, 2.75) is 11.9 Å². The fraction of sp³-hybridized carbons (Fsp3) is 0.0741. The van der Waals surface area contributed by atoms with E-state index in [1.54, 1.807) is 12.1 Å². The Labute approximate surface area is 221 Å². The summed E-state index contributed by atoms with van der Waals surface area (Å²) in [5.74, 6) is -0.0241. The topological polar surface area (TPSA) is 65.8 Å². The third kappa shape index (κ3) is 5.79. The van der Waals surface area contributed by atoms with Gasteiger partial charge >= 0.3 is 0 Å². The highest BCUT2D eigenvalue weighted by Gasteiger charge is 2.17. The van der Waals surface area contributed by atoms with Gasteiger partial charge in [-0.15, -0.1) is 0 Å². The van der Waals surface area contributed by atoms with Crippen molar-refractivity contribution >= 4 is 57.5 Å². The van der Waals surface area contributed by atoms with Crippen molar-refractivity contribution in [1.29, 1.82) is 5.26 Å². The van der Waals surface area contributed by atoms with Crippen LogP contribution in [0.3, 0.4) is 0 Å². The summed E-state index contributed by atoms with van der Waals surface area (Å²) in [5, 5.41) is 14.1. The van der Waals surface area contributed by atoms with Crippen molar-refractivity contribution < 1.29 is 4.79 Å². The molecular formula is C27H19ClIN3OS. The number of nitrogens with zero attached hydrogens (tertiary/aromatic N) is 2. The highest BCUT2D eigenvalue weighted by atomic mass is 127. The highest BCUT2D eigenvalue weighted by molar-refractivity contribution is 14.1. The molecule has 7 heteroatoms. The first-order chi connectivity index (χ1) is 16.4. The predicted octanol–water partition coefficient (Wildman–Crippen LogP) is 7.58. The second-order valence-electron chi connectivity index (χ2n) is 7.52. The van der Waals surface area contributed by atoms with Crippen molar-refractivity contribution in [2.24, 2.45) is 0 Å². The maximum absolute atomic E-state index is 12.7. The van der Waals surface area contributed by atoms with Gasteiger partial charge in [-0.1, -0.05) is 65.8 Å². The zero-order chi connectivity index (χ0) is 24.1. The highest BCUT2D eigenvalue weighted by Crippen LogP contribution is 2.34. The van der Waals surface area contributed by atoms with Crippen LogP contribution in [-0.4, -0.2) is 16.6 Å². The monoisotopic (exact) mass is 595 g/mol. The van der Waals surface area contributed by atoms with Gasteiger partial charge < -0.3 is 5.32 Å². The van der Waals surface area contributed by atoms with Crippen LogP contribution in [0.5, 0.6) is 0 Å². The average Bonchev–Trinajstić information content (AvgIpc) is 2.85.